The van der Waals surface area contributed by atoms with E-state index < -0.39 is 15.7 Å². The number of hydrogen-bond acceptors (Lipinski definition) is 9. The zero-order valence-electron chi connectivity index (χ0n) is 19.4. The lowest BCUT2D eigenvalue weighted by atomic mass is 10.1. The third kappa shape index (κ3) is 7.11. The van der Waals surface area contributed by atoms with Gasteiger partial charge in [-0.15, -0.1) is 10.2 Å². The van der Waals surface area contributed by atoms with E-state index in [0.29, 0.717) is 24.5 Å². The van der Waals surface area contributed by atoms with Gasteiger partial charge in [0.2, 0.25) is 19.3 Å². The number of carbonyl (C=O) groups excluding carboxylic acids is 1. The van der Waals surface area contributed by atoms with Crippen LogP contribution in [0.15, 0.2) is 52.4 Å². The number of hydrogen-bond donors (Lipinski definition) is 1. The minimum absolute atomic E-state index is 0.00469. The van der Waals surface area contributed by atoms with Crippen LogP contribution >= 0.6 is 11.3 Å². The molecule has 2 aromatic carbocycles. The molecular formula is C24H24N4O5S2. The number of anilines is 1. The highest BCUT2D eigenvalue weighted by molar-refractivity contribution is 7.93. The zero-order valence-corrected chi connectivity index (χ0v) is 21.1. The van der Waals surface area contributed by atoms with Crippen LogP contribution < -0.4 is 14.8 Å². The fraction of sp³-hybridized carbons (Fsp3) is 0.250. The van der Waals surface area contributed by atoms with E-state index in [1.807, 2.05) is 38.1 Å². The molecule has 0 saturated heterocycles. The molecule has 0 aliphatic carbocycles. The predicted molar refractivity (Wildman–Crippen MR) is 133 cm³/mol. The third-order valence-electron chi connectivity index (χ3n) is 4.93. The molecule has 0 spiro atoms. The van der Waals surface area contributed by atoms with Crippen LogP contribution in [0, 0.1) is 25.2 Å². The topological polar surface area (TPSA) is 131 Å². The Balaban J connectivity index is 1.54. The van der Waals surface area contributed by atoms with E-state index in [1.165, 1.54) is 18.6 Å². The fourth-order valence-corrected chi connectivity index (χ4v) is 4.75. The first-order valence-electron chi connectivity index (χ1n) is 10.6. The first-order valence-corrected chi connectivity index (χ1v) is 13.1. The fourth-order valence-electron chi connectivity index (χ4n) is 2.77. The minimum atomic E-state index is -3.52. The molecule has 0 aliphatic heterocycles. The summed E-state index contributed by atoms with van der Waals surface area (Å²) in [6.07, 6.45) is 1.41. The van der Waals surface area contributed by atoms with E-state index >= 15 is 0 Å². The molecule has 3 aromatic rings. The molecule has 0 saturated carbocycles. The van der Waals surface area contributed by atoms with Gasteiger partial charge in [0.1, 0.15) is 36.4 Å². The van der Waals surface area contributed by atoms with Gasteiger partial charge in [-0.25, -0.2) is 8.42 Å². The average Bonchev–Trinajstić information content (AvgIpc) is 3.32. The summed E-state index contributed by atoms with van der Waals surface area (Å²) in [5.41, 5.74) is 2.81. The molecule has 11 heteroatoms. The maximum atomic E-state index is 12.4. The van der Waals surface area contributed by atoms with Crippen molar-refractivity contribution in [2.45, 2.75) is 25.1 Å². The molecular weight excluding hydrogens is 488 g/mol. The van der Waals surface area contributed by atoms with Crippen LogP contribution in [0.3, 0.4) is 0 Å². The number of benzene rings is 2. The van der Waals surface area contributed by atoms with Gasteiger partial charge >= 0.3 is 0 Å². The molecule has 1 amide bonds. The SMILES string of the molecule is CCS(=O)(=O)c1nnc(NC(=O)/C(C#N)=C\c2ccc(OCCOc3ccc(C)c(C)c3)cc2)s1. The van der Waals surface area contributed by atoms with Gasteiger partial charge in [0.05, 0.1) is 5.75 Å². The molecule has 0 bridgehead atoms. The van der Waals surface area contributed by atoms with Gasteiger partial charge in [-0.3, -0.25) is 10.1 Å². The van der Waals surface area contributed by atoms with Crippen LogP contribution in [-0.2, 0) is 14.6 Å². The highest BCUT2D eigenvalue weighted by atomic mass is 32.2. The number of nitrogens with zero attached hydrogens (tertiary/aromatic N) is 3. The second kappa shape index (κ2) is 11.6. The second-order valence-electron chi connectivity index (χ2n) is 7.41. The Morgan fingerprint density at radius 1 is 1.06 bits per heavy atom. The highest BCUT2D eigenvalue weighted by Crippen LogP contribution is 2.22. The monoisotopic (exact) mass is 512 g/mol. The average molecular weight is 513 g/mol. The molecule has 1 aromatic heterocycles. The summed E-state index contributed by atoms with van der Waals surface area (Å²) >= 11 is 0.732. The van der Waals surface area contributed by atoms with E-state index in [4.69, 9.17) is 9.47 Å². The Kier molecular flexibility index (Phi) is 8.57. The minimum Gasteiger partial charge on any atom is -0.490 e. The Bertz CT molecular complexity index is 1370. The smallest absolute Gasteiger partial charge is 0.268 e. The van der Waals surface area contributed by atoms with Gasteiger partial charge in [-0.2, -0.15) is 5.26 Å². The molecule has 9 nitrogen and oxygen atoms in total. The van der Waals surface area contributed by atoms with E-state index in [2.05, 4.69) is 15.5 Å². The lowest BCUT2D eigenvalue weighted by Crippen LogP contribution is -2.13. The van der Waals surface area contributed by atoms with Crippen molar-refractivity contribution in [1.29, 1.82) is 5.26 Å². The molecule has 0 unspecified atom stereocenters. The summed E-state index contributed by atoms with van der Waals surface area (Å²) in [4.78, 5) is 12.4. The van der Waals surface area contributed by atoms with Crippen molar-refractivity contribution in [3.8, 4) is 17.6 Å². The number of rotatable bonds is 10. The summed E-state index contributed by atoms with van der Waals surface area (Å²) in [5, 5.41) is 19.0. The predicted octanol–water partition coefficient (Wildman–Crippen LogP) is 3.95. The molecule has 0 radical (unpaired) electrons. The molecule has 0 atom stereocenters. The Hall–Kier alpha value is -3.75. The van der Waals surface area contributed by atoms with Crippen LogP contribution in [0.4, 0.5) is 5.13 Å². The summed E-state index contributed by atoms with van der Waals surface area (Å²) in [6.45, 7) is 6.30. The van der Waals surface area contributed by atoms with Gasteiger partial charge in [0, 0.05) is 0 Å². The molecule has 35 heavy (non-hydrogen) atoms. The number of nitrogens with one attached hydrogen (secondary N) is 1. The number of aryl methyl sites for hydroxylation is 2. The van der Waals surface area contributed by atoms with Gasteiger partial charge in [-0.1, -0.05) is 36.5 Å². The Labute approximate surface area is 208 Å². The maximum Gasteiger partial charge on any atom is 0.268 e. The quantitative estimate of drug-likeness (QED) is 0.187. The summed E-state index contributed by atoms with van der Waals surface area (Å²) in [5.74, 6) is 0.564. The van der Waals surface area contributed by atoms with Crippen molar-refractivity contribution < 1.29 is 22.7 Å². The number of sulfone groups is 1. The molecule has 0 fully saturated rings. The zero-order chi connectivity index (χ0) is 25.4. The van der Waals surface area contributed by atoms with Crippen molar-refractivity contribution in [3.63, 3.8) is 0 Å². The van der Waals surface area contributed by atoms with Gasteiger partial charge in [0.25, 0.3) is 5.91 Å². The maximum absolute atomic E-state index is 12.4. The Morgan fingerprint density at radius 3 is 2.34 bits per heavy atom. The largest absolute Gasteiger partial charge is 0.490 e. The summed E-state index contributed by atoms with van der Waals surface area (Å²) < 4.78 is 34.9. The van der Waals surface area contributed by atoms with Crippen LogP contribution in [0.2, 0.25) is 0 Å². The molecule has 0 aliphatic rings. The lowest BCUT2D eigenvalue weighted by molar-refractivity contribution is -0.112. The summed E-state index contributed by atoms with van der Waals surface area (Å²) in [6, 6.07) is 14.6. The van der Waals surface area contributed by atoms with E-state index in [0.717, 1.165) is 22.6 Å². The van der Waals surface area contributed by atoms with Crippen LogP contribution in [0.1, 0.15) is 23.6 Å². The number of ether oxygens (including phenoxy) is 2. The van der Waals surface area contributed by atoms with E-state index in [9.17, 15) is 18.5 Å². The molecule has 182 valence electrons. The molecule has 1 heterocycles. The van der Waals surface area contributed by atoms with Crippen molar-refractivity contribution in [3.05, 3.63) is 64.7 Å². The normalized spacial score (nSPS) is 11.5. The first-order chi connectivity index (χ1) is 16.7. The van der Waals surface area contributed by atoms with Crippen molar-refractivity contribution in [2.24, 2.45) is 0 Å². The van der Waals surface area contributed by atoms with Crippen LogP contribution in [0.25, 0.3) is 6.08 Å². The summed E-state index contributed by atoms with van der Waals surface area (Å²) in [7, 11) is -3.52. The lowest BCUT2D eigenvalue weighted by Gasteiger charge is -2.10. The van der Waals surface area contributed by atoms with E-state index in [-0.39, 0.29) is 20.8 Å². The second-order valence-corrected chi connectivity index (χ2v) is 10.8. The third-order valence-corrected chi connectivity index (χ3v) is 7.95. The van der Waals surface area contributed by atoms with E-state index in [1.54, 1.807) is 24.3 Å². The molecule has 3 rings (SSSR count). The number of aromatic nitrogens is 2. The van der Waals surface area contributed by atoms with Gasteiger partial charge in [0.15, 0.2) is 0 Å². The van der Waals surface area contributed by atoms with Crippen molar-refractivity contribution in [2.75, 3.05) is 24.3 Å². The Morgan fingerprint density at radius 2 is 1.71 bits per heavy atom. The van der Waals surface area contributed by atoms with Crippen LogP contribution in [0.5, 0.6) is 11.5 Å². The number of nitriles is 1. The van der Waals surface area contributed by atoms with Crippen molar-refractivity contribution in [1.82, 2.24) is 10.2 Å². The van der Waals surface area contributed by atoms with Gasteiger partial charge < -0.3 is 9.47 Å². The van der Waals surface area contributed by atoms with Crippen molar-refractivity contribution >= 4 is 38.3 Å². The number of amides is 1. The van der Waals surface area contributed by atoms with Crippen LogP contribution in [-0.4, -0.2) is 43.5 Å². The number of carbonyl (C=O) groups is 1. The molecule has 1 N–H and O–H groups in total. The first kappa shape index (κ1) is 25.9. The highest BCUT2D eigenvalue weighted by Gasteiger charge is 2.19. The van der Waals surface area contributed by atoms with Gasteiger partial charge in [-0.05, 0) is 60.9 Å². The standard InChI is InChI=1S/C24H24N4O5S2/c1-4-35(30,31)24-28-27-23(34-24)26-22(29)19(15-25)14-18-6-9-20(10-7-18)32-11-12-33-21-8-5-16(2)17(3)13-21/h5-10,13-14H,4,11-12H2,1-3H3,(H,26,27,29)/b19-14-.